The number of amides is 1. The van der Waals surface area contributed by atoms with Crippen molar-refractivity contribution in [2.24, 2.45) is 5.92 Å². The minimum atomic E-state index is -0.261. The molecule has 4 rings (SSSR count). The minimum Gasteiger partial charge on any atom is -0.497 e. The molecule has 6 heteroatoms. The number of ether oxygens (including phenoxy) is 1. The van der Waals surface area contributed by atoms with Crippen LogP contribution in [0.15, 0.2) is 65.3 Å². The largest absolute Gasteiger partial charge is 0.497 e. The molecule has 2 aromatic carbocycles. The first-order chi connectivity index (χ1) is 15.5. The predicted octanol–water partition coefficient (Wildman–Crippen LogP) is 5.04. The summed E-state index contributed by atoms with van der Waals surface area (Å²) in [4.78, 5) is 18.1. The van der Waals surface area contributed by atoms with Crippen molar-refractivity contribution in [2.45, 2.75) is 18.8 Å². The van der Waals surface area contributed by atoms with Gasteiger partial charge in [0.1, 0.15) is 11.5 Å². The molecule has 0 N–H and O–H groups in total. The molecule has 0 fully saturated rings. The number of furan rings is 1. The molecule has 0 spiro atoms. The highest BCUT2D eigenvalue weighted by Gasteiger charge is 2.38. The highest BCUT2D eigenvalue weighted by molar-refractivity contribution is 6.30. The summed E-state index contributed by atoms with van der Waals surface area (Å²) in [6.45, 7) is 1.39. The standard InChI is InChI=1S/C26H29ClN2O3/c1-28(2)12-13-29-25-11-8-20(27)15-19(25)16-23(18-6-9-21(31-3)10-7-18)24(26(29)30)17-22-5-4-14-32-22/h4-11,14-15,23-24H,12-13,16-17H2,1-3H3/t23-,24+/m1/s1. The number of nitrogens with zero attached hydrogens (tertiary/aromatic N) is 2. The van der Waals surface area contributed by atoms with E-state index in [1.54, 1.807) is 13.4 Å². The van der Waals surface area contributed by atoms with Crippen LogP contribution in [0.2, 0.25) is 5.02 Å². The van der Waals surface area contributed by atoms with Crippen LogP contribution in [0.25, 0.3) is 0 Å². The van der Waals surface area contributed by atoms with Crippen molar-refractivity contribution in [3.05, 3.63) is 82.8 Å². The van der Waals surface area contributed by atoms with Crippen LogP contribution in [0.5, 0.6) is 5.75 Å². The lowest BCUT2D eigenvalue weighted by Gasteiger charge is -2.29. The summed E-state index contributed by atoms with van der Waals surface area (Å²) in [6.07, 6.45) is 2.93. The van der Waals surface area contributed by atoms with Crippen molar-refractivity contribution in [3.63, 3.8) is 0 Å². The molecule has 1 aromatic heterocycles. The van der Waals surface area contributed by atoms with Crippen LogP contribution in [0, 0.1) is 5.92 Å². The van der Waals surface area contributed by atoms with E-state index >= 15 is 0 Å². The lowest BCUT2D eigenvalue weighted by molar-refractivity contribution is -0.123. The van der Waals surface area contributed by atoms with Gasteiger partial charge in [-0.1, -0.05) is 23.7 Å². The van der Waals surface area contributed by atoms with E-state index in [0.29, 0.717) is 18.0 Å². The quantitative estimate of drug-likeness (QED) is 0.504. The number of carbonyl (C=O) groups is 1. The minimum absolute atomic E-state index is 0.0138. The molecule has 3 aromatic rings. The van der Waals surface area contributed by atoms with E-state index in [0.717, 1.165) is 41.3 Å². The van der Waals surface area contributed by atoms with Crippen LogP contribution in [0.4, 0.5) is 5.69 Å². The second-order valence-corrected chi connectivity index (χ2v) is 8.98. The van der Waals surface area contributed by atoms with Crippen molar-refractivity contribution in [1.82, 2.24) is 4.90 Å². The molecule has 1 amide bonds. The Kier molecular flexibility index (Phi) is 6.87. The molecule has 0 saturated heterocycles. The molecular formula is C26H29ClN2O3. The number of halogens is 1. The zero-order valence-corrected chi connectivity index (χ0v) is 19.5. The number of benzene rings is 2. The van der Waals surface area contributed by atoms with Gasteiger partial charge in [-0.2, -0.15) is 0 Å². The Morgan fingerprint density at radius 2 is 1.94 bits per heavy atom. The van der Waals surface area contributed by atoms with E-state index in [4.69, 9.17) is 20.8 Å². The number of carbonyl (C=O) groups excluding carboxylic acids is 1. The average Bonchev–Trinajstić information content (AvgIpc) is 3.27. The SMILES string of the molecule is COc1ccc([C@H]2Cc3cc(Cl)ccc3N(CCN(C)C)C(=O)[C@H]2Cc2ccco2)cc1. The maximum Gasteiger partial charge on any atom is 0.231 e. The molecule has 32 heavy (non-hydrogen) atoms. The first-order valence-corrected chi connectivity index (χ1v) is 11.2. The summed E-state index contributed by atoms with van der Waals surface area (Å²) >= 11 is 6.38. The maximum absolute atomic E-state index is 14.0. The highest BCUT2D eigenvalue weighted by Crippen LogP contribution is 2.40. The predicted molar refractivity (Wildman–Crippen MR) is 128 cm³/mol. The third-order valence-corrected chi connectivity index (χ3v) is 6.39. The molecule has 0 aliphatic carbocycles. The summed E-state index contributed by atoms with van der Waals surface area (Å²) in [5, 5.41) is 0.682. The maximum atomic E-state index is 14.0. The third kappa shape index (κ3) is 4.84. The number of hydrogen-bond donors (Lipinski definition) is 0. The normalized spacial score (nSPS) is 18.5. The van der Waals surface area contributed by atoms with Gasteiger partial charge in [-0.15, -0.1) is 0 Å². The fourth-order valence-electron chi connectivity index (χ4n) is 4.46. The number of rotatable bonds is 7. The van der Waals surface area contributed by atoms with E-state index in [1.807, 2.05) is 61.5 Å². The lowest BCUT2D eigenvalue weighted by atomic mass is 9.79. The molecule has 1 aliphatic heterocycles. The first kappa shape index (κ1) is 22.4. The summed E-state index contributed by atoms with van der Waals surface area (Å²) < 4.78 is 11.0. The lowest BCUT2D eigenvalue weighted by Crippen LogP contribution is -2.41. The number of hydrogen-bond acceptors (Lipinski definition) is 4. The number of anilines is 1. The van der Waals surface area contributed by atoms with Gasteiger partial charge in [-0.25, -0.2) is 0 Å². The summed E-state index contributed by atoms with van der Waals surface area (Å²) in [5.41, 5.74) is 3.14. The van der Waals surface area contributed by atoms with E-state index in [9.17, 15) is 4.79 Å². The highest BCUT2D eigenvalue weighted by atomic mass is 35.5. The second-order valence-electron chi connectivity index (χ2n) is 8.54. The number of likely N-dealkylation sites (N-methyl/N-ethyl adjacent to an activating group) is 1. The summed E-state index contributed by atoms with van der Waals surface area (Å²) in [7, 11) is 5.70. The van der Waals surface area contributed by atoms with Crippen LogP contribution in [-0.4, -0.2) is 45.1 Å². The van der Waals surface area contributed by atoms with Gasteiger partial charge in [-0.3, -0.25) is 4.79 Å². The number of fused-ring (bicyclic) bond motifs is 1. The molecule has 2 atom stereocenters. The van der Waals surface area contributed by atoms with Crippen LogP contribution >= 0.6 is 11.6 Å². The van der Waals surface area contributed by atoms with E-state index in [1.165, 1.54) is 0 Å². The number of methoxy groups -OCH3 is 1. The van der Waals surface area contributed by atoms with Gasteiger partial charge < -0.3 is 19.0 Å². The average molecular weight is 453 g/mol. The zero-order valence-electron chi connectivity index (χ0n) is 18.8. The van der Waals surface area contributed by atoms with Gasteiger partial charge in [0.05, 0.1) is 19.3 Å². The Morgan fingerprint density at radius 1 is 1.16 bits per heavy atom. The van der Waals surface area contributed by atoms with Crippen LogP contribution < -0.4 is 9.64 Å². The smallest absolute Gasteiger partial charge is 0.231 e. The van der Waals surface area contributed by atoms with Gasteiger partial charge in [0, 0.05) is 36.1 Å². The van der Waals surface area contributed by atoms with E-state index in [2.05, 4.69) is 17.0 Å². The molecular weight excluding hydrogens is 424 g/mol. The molecule has 168 valence electrons. The van der Waals surface area contributed by atoms with Gasteiger partial charge in [-0.05, 0) is 74.1 Å². The summed E-state index contributed by atoms with van der Waals surface area (Å²) in [6, 6.07) is 17.7. The van der Waals surface area contributed by atoms with Crippen LogP contribution in [0.3, 0.4) is 0 Å². The van der Waals surface area contributed by atoms with Crippen LogP contribution in [0.1, 0.15) is 22.8 Å². The van der Waals surface area contributed by atoms with Gasteiger partial charge in [0.15, 0.2) is 0 Å². The monoisotopic (exact) mass is 452 g/mol. The molecule has 2 heterocycles. The van der Waals surface area contributed by atoms with Crippen molar-refractivity contribution < 1.29 is 13.9 Å². The molecule has 0 bridgehead atoms. The fourth-order valence-corrected chi connectivity index (χ4v) is 4.65. The molecule has 5 nitrogen and oxygen atoms in total. The van der Waals surface area contributed by atoms with Gasteiger partial charge in [0.2, 0.25) is 5.91 Å². The Hall–Kier alpha value is -2.76. The second kappa shape index (κ2) is 9.80. The molecule has 0 saturated carbocycles. The Labute approximate surface area is 194 Å². The fraction of sp³-hybridized carbons (Fsp3) is 0.346. The van der Waals surface area contributed by atoms with Crippen LogP contribution in [-0.2, 0) is 17.6 Å². The first-order valence-electron chi connectivity index (χ1n) is 10.9. The van der Waals surface area contributed by atoms with Gasteiger partial charge in [0.25, 0.3) is 0 Å². The van der Waals surface area contributed by atoms with Crippen molar-refractivity contribution in [1.29, 1.82) is 0 Å². The topological polar surface area (TPSA) is 45.9 Å². The van der Waals surface area contributed by atoms with E-state index in [-0.39, 0.29) is 17.7 Å². The Morgan fingerprint density at radius 3 is 2.59 bits per heavy atom. The Bertz CT molecular complexity index is 1050. The van der Waals surface area contributed by atoms with Crippen molar-refractivity contribution in [3.8, 4) is 5.75 Å². The third-order valence-electron chi connectivity index (χ3n) is 6.16. The Balaban J connectivity index is 1.80. The molecule has 0 unspecified atom stereocenters. The van der Waals surface area contributed by atoms with Crippen molar-refractivity contribution >= 4 is 23.2 Å². The summed E-state index contributed by atoms with van der Waals surface area (Å²) in [5.74, 6) is 1.46. The zero-order chi connectivity index (χ0) is 22.7. The molecule has 0 radical (unpaired) electrons. The van der Waals surface area contributed by atoms with Gasteiger partial charge >= 0.3 is 0 Å². The van der Waals surface area contributed by atoms with Crippen molar-refractivity contribution in [2.75, 3.05) is 39.2 Å². The molecule has 1 aliphatic rings. The van der Waals surface area contributed by atoms with E-state index < -0.39 is 0 Å².